The first-order chi connectivity index (χ1) is 8.72. The molecular weight excluding hydrogens is 231 g/mol. The first-order valence-corrected chi connectivity index (χ1v) is 6.45. The number of rotatable bonds is 4. The van der Waals surface area contributed by atoms with Gasteiger partial charge in [0.25, 0.3) is 0 Å². The lowest BCUT2D eigenvalue weighted by atomic mass is 10.0. The molecule has 0 aromatic heterocycles. The van der Waals surface area contributed by atoms with Gasteiger partial charge in [0.1, 0.15) is 0 Å². The van der Waals surface area contributed by atoms with Crippen LogP contribution in [0.3, 0.4) is 0 Å². The zero-order valence-electron chi connectivity index (χ0n) is 11.1. The number of benzene rings is 1. The highest BCUT2D eigenvalue weighted by molar-refractivity contribution is 5.29. The molecule has 0 radical (unpaired) electrons. The molecule has 18 heavy (non-hydrogen) atoms. The molecule has 4 heteroatoms. The summed E-state index contributed by atoms with van der Waals surface area (Å²) in [7, 11) is 3.49. The Balaban J connectivity index is 1.98. The fraction of sp³-hybridized carbons (Fsp3) is 0.571. The lowest BCUT2D eigenvalue weighted by molar-refractivity contribution is 0.187. The minimum atomic E-state index is -0.280. The maximum absolute atomic E-state index is 13.6. The minimum absolute atomic E-state index is 0.280. The van der Waals surface area contributed by atoms with Crippen LogP contribution in [0.1, 0.15) is 18.4 Å². The number of nitrogens with zero attached hydrogens (tertiary/aromatic N) is 1. The number of hydrogen-bond donors (Lipinski definition) is 1. The van der Waals surface area contributed by atoms with E-state index < -0.39 is 0 Å². The predicted octanol–water partition coefficient (Wildman–Crippen LogP) is 2.02. The highest BCUT2D eigenvalue weighted by atomic mass is 19.1. The van der Waals surface area contributed by atoms with E-state index >= 15 is 0 Å². The average Bonchev–Trinajstić information content (AvgIpc) is 2.39. The summed E-state index contributed by atoms with van der Waals surface area (Å²) < 4.78 is 18.5. The Morgan fingerprint density at radius 1 is 1.50 bits per heavy atom. The molecular formula is C14H21FN2O. The number of ether oxygens (including phenoxy) is 1. The molecule has 1 heterocycles. The lowest BCUT2D eigenvalue weighted by Gasteiger charge is -2.32. The molecule has 100 valence electrons. The van der Waals surface area contributed by atoms with Crippen molar-refractivity contribution in [1.29, 1.82) is 0 Å². The van der Waals surface area contributed by atoms with Gasteiger partial charge in [0.2, 0.25) is 0 Å². The van der Waals surface area contributed by atoms with E-state index in [1.165, 1.54) is 20.0 Å². The topological polar surface area (TPSA) is 24.5 Å². The highest BCUT2D eigenvalue weighted by Gasteiger charge is 2.18. The van der Waals surface area contributed by atoms with Crippen LogP contribution in [0.2, 0.25) is 0 Å². The maximum Gasteiger partial charge on any atom is 0.165 e. The van der Waals surface area contributed by atoms with Crippen LogP contribution in [0.5, 0.6) is 5.75 Å². The lowest BCUT2D eigenvalue weighted by Crippen LogP contribution is -2.43. The van der Waals surface area contributed by atoms with E-state index in [-0.39, 0.29) is 5.82 Å². The quantitative estimate of drug-likeness (QED) is 0.887. The third-order valence-corrected chi connectivity index (χ3v) is 3.54. The molecule has 3 nitrogen and oxygen atoms in total. The summed E-state index contributed by atoms with van der Waals surface area (Å²) in [5.74, 6) is 0.0303. The van der Waals surface area contributed by atoms with Crippen molar-refractivity contribution < 1.29 is 9.13 Å². The summed E-state index contributed by atoms with van der Waals surface area (Å²) in [6.07, 6.45) is 2.42. The molecule has 1 aromatic carbocycles. The van der Waals surface area contributed by atoms with Crippen molar-refractivity contribution in [3.63, 3.8) is 0 Å². The van der Waals surface area contributed by atoms with Gasteiger partial charge in [0.15, 0.2) is 11.6 Å². The minimum Gasteiger partial charge on any atom is -0.494 e. The van der Waals surface area contributed by atoms with Crippen LogP contribution in [-0.2, 0) is 6.54 Å². The van der Waals surface area contributed by atoms with Gasteiger partial charge in [-0.1, -0.05) is 6.07 Å². The van der Waals surface area contributed by atoms with Crippen LogP contribution in [0, 0.1) is 5.82 Å². The van der Waals surface area contributed by atoms with E-state index in [0.717, 1.165) is 25.2 Å². The number of hydrogen-bond acceptors (Lipinski definition) is 3. The Morgan fingerprint density at radius 2 is 2.33 bits per heavy atom. The van der Waals surface area contributed by atoms with Gasteiger partial charge in [-0.05, 0) is 44.1 Å². The predicted molar refractivity (Wildman–Crippen MR) is 70.3 cm³/mol. The van der Waals surface area contributed by atoms with E-state index in [1.54, 1.807) is 12.1 Å². The van der Waals surface area contributed by atoms with Gasteiger partial charge in [-0.2, -0.15) is 0 Å². The van der Waals surface area contributed by atoms with Gasteiger partial charge in [-0.25, -0.2) is 4.39 Å². The molecule has 0 saturated carbocycles. The Labute approximate surface area is 108 Å². The first kappa shape index (κ1) is 13.3. The second-order valence-corrected chi connectivity index (χ2v) is 4.83. The summed E-state index contributed by atoms with van der Waals surface area (Å²) in [6.45, 7) is 2.93. The maximum atomic E-state index is 13.6. The van der Waals surface area contributed by atoms with Gasteiger partial charge in [-0.15, -0.1) is 0 Å². The number of piperidine rings is 1. The molecule has 1 atom stereocenters. The standard InChI is InChI=1S/C14H21FN2O/c1-16-12-4-3-7-17(10-12)9-11-5-6-14(18-2)13(15)8-11/h5-6,8,12,16H,3-4,7,9-10H2,1-2H3. The van der Waals surface area contributed by atoms with Crippen LogP contribution < -0.4 is 10.1 Å². The van der Waals surface area contributed by atoms with Crippen molar-refractivity contribution >= 4 is 0 Å². The fourth-order valence-electron chi connectivity index (χ4n) is 2.50. The van der Waals surface area contributed by atoms with Crippen molar-refractivity contribution in [3.05, 3.63) is 29.6 Å². The average molecular weight is 252 g/mol. The zero-order chi connectivity index (χ0) is 13.0. The molecule has 1 N–H and O–H groups in total. The van der Waals surface area contributed by atoms with Gasteiger partial charge in [0.05, 0.1) is 7.11 Å². The van der Waals surface area contributed by atoms with E-state index in [2.05, 4.69) is 10.2 Å². The summed E-state index contributed by atoms with van der Waals surface area (Å²) in [5.41, 5.74) is 1.00. The Kier molecular flexibility index (Phi) is 4.55. The number of methoxy groups -OCH3 is 1. The Hall–Kier alpha value is -1.13. The summed E-state index contributed by atoms with van der Waals surface area (Å²) >= 11 is 0. The third kappa shape index (κ3) is 3.21. The van der Waals surface area contributed by atoms with Crippen molar-refractivity contribution in [2.24, 2.45) is 0 Å². The number of nitrogens with one attached hydrogen (secondary N) is 1. The van der Waals surface area contributed by atoms with Crippen LogP contribution in [0.4, 0.5) is 4.39 Å². The molecule has 0 aliphatic carbocycles. The molecule has 0 bridgehead atoms. The molecule has 1 saturated heterocycles. The first-order valence-electron chi connectivity index (χ1n) is 6.45. The SMILES string of the molecule is CNC1CCCN(Cc2ccc(OC)c(F)c2)C1. The second kappa shape index (κ2) is 6.16. The smallest absolute Gasteiger partial charge is 0.165 e. The number of halogens is 1. The number of likely N-dealkylation sites (tertiary alicyclic amines) is 1. The van der Waals surface area contributed by atoms with Gasteiger partial charge >= 0.3 is 0 Å². The van der Waals surface area contributed by atoms with Crippen molar-refractivity contribution in [1.82, 2.24) is 10.2 Å². The molecule has 0 amide bonds. The number of likely N-dealkylation sites (N-methyl/N-ethyl adjacent to an activating group) is 1. The van der Waals surface area contributed by atoms with Crippen molar-refractivity contribution in [2.45, 2.75) is 25.4 Å². The molecule has 1 aliphatic rings. The Bertz CT molecular complexity index is 397. The fourth-order valence-corrected chi connectivity index (χ4v) is 2.50. The summed E-state index contributed by atoms with van der Waals surface area (Å²) in [5, 5.41) is 3.31. The molecule has 1 fully saturated rings. The largest absolute Gasteiger partial charge is 0.494 e. The van der Waals surface area contributed by atoms with E-state index in [0.29, 0.717) is 11.8 Å². The molecule has 1 unspecified atom stereocenters. The molecule has 1 aliphatic heterocycles. The van der Waals surface area contributed by atoms with E-state index in [1.807, 2.05) is 13.1 Å². The van der Waals surface area contributed by atoms with Crippen LogP contribution >= 0.6 is 0 Å². The normalized spacial score (nSPS) is 20.9. The molecule has 1 aromatic rings. The molecule has 2 rings (SSSR count). The van der Waals surface area contributed by atoms with Gasteiger partial charge in [0, 0.05) is 19.1 Å². The monoisotopic (exact) mass is 252 g/mol. The van der Waals surface area contributed by atoms with Gasteiger partial charge in [-0.3, -0.25) is 4.90 Å². The van der Waals surface area contributed by atoms with Crippen molar-refractivity contribution in [3.8, 4) is 5.75 Å². The van der Waals surface area contributed by atoms with Crippen molar-refractivity contribution in [2.75, 3.05) is 27.2 Å². The van der Waals surface area contributed by atoms with Crippen LogP contribution in [0.25, 0.3) is 0 Å². The summed E-state index contributed by atoms with van der Waals surface area (Å²) in [4.78, 5) is 2.37. The van der Waals surface area contributed by atoms with Crippen LogP contribution in [0.15, 0.2) is 18.2 Å². The second-order valence-electron chi connectivity index (χ2n) is 4.83. The zero-order valence-corrected chi connectivity index (χ0v) is 11.1. The van der Waals surface area contributed by atoms with E-state index in [4.69, 9.17) is 4.74 Å². The van der Waals surface area contributed by atoms with Gasteiger partial charge < -0.3 is 10.1 Å². The third-order valence-electron chi connectivity index (χ3n) is 3.54. The van der Waals surface area contributed by atoms with Crippen LogP contribution in [-0.4, -0.2) is 38.2 Å². The molecule has 0 spiro atoms. The van der Waals surface area contributed by atoms with E-state index in [9.17, 15) is 4.39 Å². The Morgan fingerprint density at radius 3 is 3.00 bits per heavy atom. The summed E-state index contributed by atoms with van der Waals surface area (Å²) in [6, 6.07) is 5.76. The highest BCUT2D eigenvalue weighted by Crippen LogP contribution is 2.20.